The molecule has 5 rings (SSSR count). The number of aromatic nitrogens is 2. The largest absolute Gasteiger partial charge is 0.492 e. The number of nitrogens with one attached hydrogen (secondary N) is 1. The quantitative estimate of drug-likeness (QED) is 0.265. The molecule has 3 aromatic carbocycles. The van der Waals surface area contributed by atoms with Crippen LogP contribution in [0.15, 0.2) is 71.6 Å². The summed E-state index contributed by atoms with van der Waals surface area (Å²) in [6.45, 7) is 0.674. The van der Waals surface area contributed by atoms with E-state index in [0.717, 1.165) is 49.6 Å². The number of fused-ring (bicyclic) bond motifs is 1. The summed E-state index contributed by atoms with van der Waals surface area (Å²) >= 11 is 7.24. The molecule has 0 radical (unpaired) electrons. The van der Waals surface area contributed by atoms with Crippen LogP contribution in [0, 0.1) is 0 Å². The number of ether oxygens (including phenoxy) is 1. The van der Waals surface area contributed by atoms with Crippen molar-refractivity contribution in [2.45, 2.75) is 43.0 Å². The van der Waals surface area contributed by atoms with Crippen molar-refractivity contribution in [2.24, 2.45) is 0 Å². The third-order valence-corrected chi connectivity index (χ3v) is 8.79. The lowest BCUT2D eigenvalue weighted by Gasteiger charge is -2.35. The zero-order valence-electron chi connectivity index (χ0n) is 20.5. The van der Waals surface area contributed by atoms with Crippen LogP contribution in [-0.2, 0) is 10.0 Å². The van der Waals surface area contributed by atoms with Gasteiger partial charge >= 0.3 is 0 Å². The number of anilines is 1. The van der Waals surface area contributed by atoms with Crippen LogP contribution in [0.4, 0.5) is 5.69 Å². The van der Waals surface area contributed by atoms with E-state index in [1.54, 1.807) is 23.1 Å². The van der Waals surface area contributed by atoms with Crippen LogP contribution in [0.1, 0.15) is 42.5 Å². The molecule has 1 heterocycles. The molecule has 1 aliphatic carbocycles. The number of benzene rings is 3. The van der Waals surface area contributed by atoms with E-state index in [1.165, 1.54) is 18.2 Å². The third kappa shape index (κ3) is 5.92. The SMILES string of the molecule is O=C(c1cc(Cl)ccc1NS(=O)(=O)c1cccc2nsnc12)N(CCOc1ccccc1)C1CCCCC1. The number of para-hydroxylation sites is 1. The second-order valence-corrected chi connectivity index (χ2v) is 11.8. The van der Waals surface area contributed by atoms with Crippen LogP contribution >= 0.6 is 23.3 Å². The molecule has 0 spiro atoms. The van der Waals surface area contributed by atoms with Crippen molar-refractivity contribution >= 4 is 56.0 Å². The fraction of sp³-hybridized carbons (Fsp3) is 0.296. The molecule has 0 aliphatic heterocycles. The predicted octanol–water partition coefficient (Wildman–Crippen LogP) is 6.00. The van der Waals surface area contributed by atoms with E-state index >= 15 is 0 Å². The summed E-state index contributed by atoms with van der Waals surface area (Å²) in [6.07, 6.45) is 4.98. The summed E-state index contributed by atoms with van der Waals surface area (Å²) in [5, 5.41) is 0.339. The molecule has 1 amide bonds. The lowest BCUT2D eigenvalue weighted by molar-refractivity contribution is 0.0598. The van der Waals surface area contributed by atoms with Crippen LogP contribution in [-0.4, -0.2) is 47.2 Å². The number of sulfonamides is 1. The van der Waals surface area contributed by atoms with E-state index in [1.807, 2.05) is 30.3 Å². The highest BCUT2D eigenvalue weighted by atomic mass is 35.5. The summed E-state index contributed by atoms with van der Waals surface area (Å²) in [4.78, 5) is 15.8. The molecule has 0 bridgehead atoms. The minimum absolute atomic E-state index is 0.00232. The van der Waals surface area contributed by atoms with Gasteiger partial charge in [0.1, 0.15) is 28.3 Å². The van der Waals surface area contributed by atoms with Crippen molar-refractivity contribution in [3.05, 3.63) is 77.3 Å². The number of nitrogens with zero attached hydrogens (tertiary/aromatic N) is 3. The molecule has 1 N–H and O–H groups in total. The maximum atomic E-state index is 14.0. The van der Waals surface area contributed by atoms with Crippen LogP contribution in [0.25, 0.3) is 11.0 Å². The topological polar surface area (TPSA) is 101 Å². The molecule has 1 aliphatic rings. The summed E-state index contributed by atoms with van der Waals surface area (Å²) in [7, 11) is -4.07. The lowest BCUT2D eigenvalue weighted by atomic mass is 9.93. The Bertz CT molecular complexity index is 1520. The van der Waals surface area contributed by atoms with Gasteiger partial charge in [0.15, 0.2) is 0 Å². The maximum absolute atomic E-state index is 14.0. The Morgan fingerprint density at radius 3 is 2.61 bits per heavy atom. The first-order valence-corrected chi connectivity index (χ1v) is 15.0. The molecule has 0 atom stereocenters. The highest BCUT2D eigenvalue weighted by Gasteiger charge is 2.29. The second-order valence-electron chi connectivity index (χ2n) is 9.14. The number of carbonyl (C=O) groups is 1. The van der Waals surface area contributed by atoms with Crippen molar-refractivity contribution in [3.63, 3.8) is 0 Å². The van der Waals surface area contributed by atoms with E-state index in [-0.39, 0.29) is 33.6 Å². The first-order valence-electron chi connectivity index (χ1n) is 12.4. The van der Waals surface area contributed by atoms with Gasteiger partial charge in [0.25, 0.3) is 15.9 Å². The molecule has 1 aromatic heterocycles. The number of carbonyl (C=O) groups excluding carboxylic acids is 1. The number of rotatable bonds is 9. The van der Waals surface area contributed by atoms with Gasteiger partial charge in [-0.15, -0.1) is 0 Å². The van der Waals surface area contributed by atoms with Crippen molar-refractivity contribution in [1.29, 1.82) is 0 Å². The Hall–Kier alpha value is -3.21. The molecule has 0 saturated heterocycles. The van der Waals surface area contributed by atoms with Crippen molar-refractivity contribution in [1.82, 2.24) is 13.6 Å². The number of halogens is 1. The fourth-order valence-electron chi connectivity index (χ4n) is 4.76. The van der Waals surface area contributed by atoms with E-state index in [2.05, 4.69) is 13.5 Å². The standard InChI is InChI=1S/C27H27ClN4O4S2/c28-19-14-15-23(31-38(34,35)25-13-7-12-24-26(25)30-37-29-24)22(18-19)27(33)32(20-8-3-1-4-9-20)16-17-36-21-10-5-2-6-11-21/h2,5-7,10-15,18,20,31H,1,3-4,8-9,16-17H2. The average Bonchev–Trinajstić information content (AvgIpc) is 3.42. The molecular weight excluding hydrogens is 544 g/mol. The third-order valence-electron chi connectivity index (χ3n) is 6.62. The van der Waals surface area contributed by atoms with Gasteiger partial charge in [0.2, 0.25) is 0 Å². The lowest BCUT2D eigenvalue weighted by Crippen LogP contribution is -2.44. The van der Waals surface area contributed by atoms with Gasteiger partial charge in [-0.3, -0.25) is 9.52 Å². The second kappa shape index (κ2) is 11.7. The Balaban J connectivity index is 1.43. The zero-order valence-corrected chi connectivity index (χ0v) is 22.9. The normalized spacial score (nSPS) is 14.3. The average molecular weight is 571 g/mol. The van der Waals surface area contributed by atoms with E-state index in [0.29, 0.717) is 23.7 Å². The summed E-state index contributed by atoms with van der Waals surface area (Å²) < 4.78 is 43.6. The van der Waals surface area contributed by atoms with E-state index < -0.39 is 10.0 Å². The molecule has 8 nitrogen and oxygen atoms in total. The van der Waals surface area contributed by atoms with Gasteiger partial charge < -0.3 is 9.64 Å². The van der Waals surface area contributed by atoms with Crippen molar-refractivity contribution in [3.8, 4) is 5.75 Å². The molecule has 11 heteroatoms. The van der Waals surface area contributed by atoms with Gasteiger partial charge in [-0.25, -0.2) is 8.42 Å². The van der Waals surface area contributed by atoms with Crippen LogP contribution in [0.3, 0.4) is 0 Å². The molecule has 0 unspecified atom stereocenters. The number of amides is 1. The van der Waals surface area contributed by atoms with Gasteiger partial charge in [-0.1, -0.05) is 55.1 Å². The first kappa shape index (κ1) is 26.4. The van der Waals surface area contributed by atoms with Crippen molar-refractivity contribution < 1.29 is 17.9 Å². The fourth-order valence-corrected chi connectivity index (χ4v) is 6.78. The summed E-state index contributed by atoms with van der Waals surface area (Å²) in [6, 6.07) is 18.9. The highest BCUT2D eigenvalue weighted by Crippen LogP contribution is 2.30. The minimum Gasteiger partial charge on any atom is -0.492 e. The van der Waals surface area contributed by atoms with Gasteiger partial charge in [-0.2, -0.15) is 8.75 Å². The van der Waals surface area contributed by atoms with E-state index in [4.69, 9.17) is 16.3 Å². The predicted molar refractivity (Wildman–Crippen MR) is 150 cm³/mol. The Morgan fingerprint density at radius 2 is 1.82 bits per heavy atom. The van der Waals surface area contributed by atoms with Crippen LogP contribution < -0.4 is 9.46 Å². The zero-order chi connectivity index (χ0) is 26.5. The summed E-state index contributed by atoms with van der Waals surface area (Å²) in [5.74, 6) is 0.438. The molecular formula is C27H27ClN4O4S2. The number of hydrogen-bond acceptors (Lipinski definition) is 7. The van der Waals surface area contributed by atoms with Crippen molar-refractivity contribution in [2.75, 3.05) is 17.9 Å². The number of hydrogen-bond donors (Lipinski definition) is 1. The molecule has 198 valence electrons. The molecule has 38 heavy (non-hydrogen) atoms. The Labute approximate surface area is 231 Å². The molecule has 4 aromatic rings. The van der Waals surface area contributed by atoms with Crippen LogP contribution in [0.2, 0.25) is 5.02 Å². The van der Waals surface area contributed by atoms with Gasteiger partial charge in [0, 0.05) is 11.1 Å². The molecule has 1 saturated carbocycles. The Morgan fingerprint density at radius 1 is 1.03 bits per heavy atom. The molecule has 1 fully saturated rings. The van der Waals surface area contributed by atoms with Crippen LogP contribution in [0.5, 0.6) is 5.75 Å². The summed E-state index contributed by atoms with van der Waals surface area (Å²) in [5.41, 5.74) is 1.13. The van der Waals surface area contributed by atoms with E-state index in [9.17, 15) is 13.2 Å². The minimum atomic E-state index is -4.07. The maximum Gasteiger partial charge on any atom is 0.264 e. The smallest absolute Gasteiger partial charge is 0.264 e. The first-order chi connectivity index (χ1) is 18.4. The monoisotopic (exact) mass is 570 g/mol. The highest BCUT2D eigenvalue weighted by molar-refractivity contribution is 7.93. The van der Waals surface area contributed by atoms with Gasteiger partial charge in [-0.05, 0) is 55.3 Å². The van der Waals surface area contributed by atoms with Gasteiger partial charge in [0.05, 0.1) is 29.5 Å². The Kier molecular flexibility index (Phi) is 8.11.